The van der Waals surface area contributed by atoms with Crippen LogP contribution in [-0.2, 0) is 23.9 Å². The molecule has 2 atom stereocenters. The highest BCUT2D eigenvalue weighted by Crippen LogP contribution is 2.44. The van der Waals surface area contributed by atoms with Crippen LogP contribution in [0.15, 0.2) is 48.5 Å². The first-order valence-electron chi connectivity index (χ1n) is 10.0. The van der Waals surface area contributed by atoms with Gasteiger partial charge in [0.1, 0.15) is 18.7 Å². The zero-order valence-electron chi connectivity index (χ0n) is 17.7. The summed E-state index contributed by atoms with van der Waals surface area (Å²) in [5.74, 6) is -3.07. The van der Waals surface area contributed by atoms with Crippen LogP contribution in [0.5, 0.6) is 0 Å². The van der Waals surface area contributed by atoms with Crippen molar-refractivity contribution in [2.75, 3.05) is 13.7 Å². The fraction of sp³-hybridized carbons (Fsp3) is 0.304. The van der Waals surface area contributed by atoms with Crippen LogP contribution in [0.25, 0.3) is 11.1 Å². The molecule has 2 aromatic rings. The van der Waals surface area contributed by atoms with Gasteiger partial charge >= 0.3 is 18.0 Å². The second-order valence-corrected chi connectivity index (χ2v) is 7.37. The molecule has 2 amide bonds. The molecule has 0 aliphatic heterocycles. The normalized spacial score (nSPS) is 13.8. The first-order chi connectivity index (χ1) is 15.3. The Morgan fingerprint density at radius 1 is 0.969 bits per heavy atom. The number of carbonyl (C=O) groups excluding carboxylic acids is 3. The molecule has 1 unspecified atom stereocenters. The van der Waals surface area contributed by atoms with Crippen LogP contribution in [0.2, 0.25) is 0 Å². The summed E-state index contributed by atoms with van der Waals surface area (Å²) in [7, 11) is 1.12. The number of methoxy groups -OCH3 is 1. The minimum Gasteiger partial charge on any atom is -0.480 e. The second kappa shape index (κ2) is 9.95. The maximum atomic E-state index is 12.3. The van der Waals surface area contributed by atoms with E-state index < -0.39 is 42.4 Å². The van der Waals surface area contributed by atoms with Gasteiger partial charge in [-0.15, -0.1) is 0 Å². The van der Waals surface area contributed by atoms with Gasteiger partial charge in [-0.3, -0.25) is 9.59 Å². The lowest BCUT2D eigenvalue weighted by Gasteiger charge is -2.19. The zero-order valence-corrected chi connectivity index (χ0v) is 17.7. The lowest BCUT2D eigenvalue weighted by atomic mass is 9.98. The summed E-state index contributed by atoms with van der Waals surface area (Å²) >= 11 is 0. The average molecular weight is 440 g/mol. The molecule has 0 aromatic heterocycles. The summed E-state index contributed by atoms with van der Waals surface area (Å²) in [5.41, 5.74) is 4.30. The zero-order chi connectivity index (χ0) is 23.3. The topological polar surface area (TPSA) is 131 Å². The summed E-state index contributed by atoms with van der Waals surface area (Å²) in [6.07, 6.45) is -1.34. The lowest BCUT2D eigenvalue weighted by Crippen LogP contribution is -2.51. The summed E-state index contributed by atoms with van der Waals surface area (Å²) in [6, 6.07) is 13.2. The van der Waals surface area contributed by atoms with Crippen molar-refractivity contribution in [1.29, 1.82) is 0 Å². The lowest BCUT2D eigenvalue weighted by molar-refractivity contribution is -0.148. The predicted molar refractivity (Wildman–Crippen MR) is 114 cm³/mol. The number of hydrogen-bond donors (Lipinski definition) is 3. The molecule has 0 radical (unpaired) electrons. The maximum Gasteiger partial charge on any atom is 0.407 e. The van der Waals surface area contributed by atoms with Gasteiger partial charge in [0.25, 0.3) is 0 Å². The number of nitrogens with one attached hydrogen (secondary N) is 2. The van der Waals surface area contributed by atoms with Crippen LogP contribution < -0.4 is 10.6 Å². The van der Waals surface area contributed by atoms with Gasteiger partial charge < -0.3 is 25.2 Å². The Bertz CT molecular complexity index is 991. The number of alkyl carbamates (subject to hydrolysis) is 1. The summed E-state index contributed by atoms with van der Waals surface area (Å²) in [6.45, 7) is 1.46. The summed E-state index contributed by atoms with van der Waals surface area (Å²) in [5, 5.41) is 13.7. The van der Waals surface area contributed by atoms with Crippen molar-refractivity contribution >= 4 is 23.9 Å². The monoisotopic (exact) mass is 440 g/mol. The molecule has 0 bridgehead atoms. The van der Waals surface area contributed by atoms with E-state index in [1.807, 2.05) is 48.5 Å². The molecular formula is C23H24N2O7. The van der Waals surface area contributed by atoms with E-state index in [2.05, 4.69) is 15.4 Å². The van der Waals surface area contributed by atoms with E-state index in [4.69, 9.17) is 9.84 Å². The molecule has 0 saturated heterocycles. The maximum absolute atomic E-state index is 12.3. The molecule has 3 rings (SSSR count). The van der Waals surface area contributed by atoms with Crippen LogP contribution in [-0.4, -0.2) is 54.8 Å². The van der Waals surface area contributed by atoms with Crippen molar-refractivity contribution in [2.24, 2.45) is 0 Å². The molecule has 0 spiro atoms. The standard InChI is InChI=1S/C23H24N2O7/c1-13(21(27)25-19(22(28)29)11-20(26)31-2)24-23(30)32-12-18-16-9-5-3-7-14(16)15-8-4-6-10-17(15)18/h3-10,13,18-19H,11-12H2,1-2H3,(H,24,30)(H,25,27)(H,28,29)/t13?,19-/m0/s1. The van der Waals surface area contributed by atoms with Crippen LogP contribution in [0.4, 0.5) is 4.79 Å². The van der Waals surface area contributed by atoms with Crippen LogP contribution in [0, 0.1) is 0 Å². The SMILES string of the molecule is COC(=O)C[C@H](NC(=O)C(C)NC(=O)OCC1c2ccccc2-c2ccccc21)C(=O)O. The number of carboxylic acids is 1. The number of amides is 2. The fourth-order valence-electron chi connectivity index (χ4n) is 3.63. The van der Waals surface area contributed by atoms with E-state index in [1.165, 1.54) is 6.92 Å². The number of fused-ring (bicyclic) bond motifs is 3. The van der Waals surface area contributed by atoms with E-state index >= 15 is 0 Å². The van der Waals surface area contributed by atoms with E-state index in [0.29, 0.717) is 0 Å². The van der Waals surface area contributed by atoms with E-state index in [0.717, 1.165) is 29.4 Å². The van der Waals surface area contributed by atoms with Gasteiger partial charge in [-0.1, -0.05) is 48.5 Å². The van der Waals surface area contributed by atoms with Crippen molar-refractivity contribution < 1.29 is 33.8 Å². The number of aliphatic carboxylic acids is 1. The van der Waals surface area contributed by atoms with Crippen molar-refractivity contribution in [3.63, 3.8) is 0 Å². The fourth-order valence-corrected chi connectivity index (χ4v) is 3.63. The van der Waals surface area contributed by atoms with Gasteiger partial charge in [0, 0.05) is 5.92 Å². The van der Waals surface area contributed by atoms with Crippen molar-refractivity contribution in [1.82, 2.24) is 10.6 Å². The van der Waals surface area contributed by atoms with Gasteiger partial charge in [0.2, 0.25) is 5.91 Å². The Morgan fingerprint density at radius 3 is 2.06 bits per heavy atom. The number of rotatable bonds is 8. The van der Waals surface area contributed by atoms with E-state index in [-0.39, 0.29) is 12.5 Å². The molecule has 9 nitrogen and oxygen atoms in total. The first kappa shape index (κ1) is 22.8. The molecule has 9 heteroatoms. The predicted octanol–water partition coefficient (Wildman–Crippen LogP) is 2.05. The number of hydrogen-bond acceptors (Lipinski definition) is 6. The number of carbonyl (C=O) groups is 4. The molecule has 168 valence electrons. The Kier molecular flexibility index (Phi) is 7.09. The largest absolute Gasteiger partial charge is 0.480 e. The van der Waals surface area contributed by atoms with Crippen molar-refractivity contribution in [3.05, 3.63) is 59.7 Å². The molecule has 0 fully saturated rings. The Morgan fingerprint density at radius 2 is 1.53 bits per heavy atom. The van der Waals surface area contributed by atoms with Gasteiger partial charge in [-0.05, 0) is 29.2 Å². The number of esters is 1. The molecule has 2 aromatic carbocycles. The van der Waals surface area contributed by atoms with Crippen molar-refractivity contribution in [2.45, 2.75) is 31.3 Å². The average Bonchev–Trinajstić information content (AvgIpc) is 3.10. The molecule has 1 aliphatic rings. The Hall–Kier alpha value is -3.88. The minimum absolute atomic E-state index is 0.0777. The van der Waals surface area contributed by atoms with Gasteiger partial charge in [0.15, 0.2) is 0 Å². The number of benzene rings is 2. The highest BCUT2D eigenvalue weighted by Gasteiger charge is 2.30. The molecular weight excluding hydrogens is 416 g/mol. The molecule has 0 saturated carbocycles. The van der Waals surface area contributed by atoms with Gasteiger partial charge in [-0.2, -0.15) is 0 Å². The number of carboxylic acid groups (broad SMARTS) is 1. The molecule has 32 heavy (non-hydrogen) atoms. The van der Waals surface area contributed by atoms with Crippen LogP contribution in [0.1, 0.15) is 30.4 Å². The van der Waals surface area contributed by atoms with Crippen molar-refractivity contribution in [3.8, 4) is 11.1 Å². The van der Waals surface area contributed by atoms with E-state index in [1.54, 1.807) is 0 Å². The van der Waals surface area contributed by atoms with Crippen LogP contribution >= 0.6 is 0 Å². The highest BCUT2D eigenvalue weighted by molar-refractivity contribution is 5.90. The molecule has 3 N–H and O–H groups in total. The van der Waals surface area contributed by atoms with Gasteiger partial charge in [0.05, 0.1) is 13.5 Å². The quantitative estimate of drug-likeness (QED) is 0.536. The number of ether oxygens (including phenoxy) is 2. The molecule has 0 heterocycles. The third-order valence-corrected chi connectivity index (χ3v) is 5.28. The smallest absolute Gasteiger partial charge is 0.407 e. The highest BCUT2D eigenvalue weighted by atomic mass is 16.5. The summed E-state index contributed by atoms with van der Waals surface area (Å²) < 4.78 is 9.80. The minimum atomic E-state index is -1.47. The van der Waals surface area contributed by atoms with E-state index in [9.17, 15) is 19.2 Å². The Balaban J connectivity index is 1.57. The third kappa shape index (κ3) is 5.05. The van der Waals surface area contributed by atoms with Gasteiger partial charge in [-0.25, -0.2) is 9.59 Å². The molecule has 1 aliphatic carbocycles. The Labute approximate surface area is 184 Å². The first-order valence-corrected chi connectivity index (χ1v) is 10.0. The van der Waals surface area contributed by atoms with Crippen LogP contribution in [0.3, 0.4) is 0 Å². The third-order valence-electron chi connectivity index (χ3n) is 5.28. The second-order valence-electron chi connectivity index (χ2n) is 7.37. The summed E-state index contributed by atoms with van der Waals surface area (Å²) in [4.78, 5) is 47.1.